The smallest absolute Gasteiger partial charge is 0.262 e. The van der Waals surface area contributed by atoms with E-state index in [-0.39, 0.29) is 5.91 Å². The summed E-state index contributed by atoms with van der Waals surface area (Å²) in [7, 11) is 0. The Balaban J connectivity index is 1.97. The van der Waals surface area contributed by atoms with Gasteiger partial charge in [0.05, 0.1) is 18.4 Å². The molecule has 0 saturated heterocycles. The fourth-order valence-corrected chi connectivity index (χ4v) is 2.86. The van der Waals surface area contributed by atoms with E-state index in [2.05, 4.69) is 31.8 Å². The highest BCUT2D eigenvalue weighted by Crippen LogP contribution is 2.21. The van der Waals surface area contributed by atoms with Crippen LogP contribution in [0.15, 0.2) is 52.0 Å². The monoisotopic (exact) mass is 465 g/mol. The molecule has 6 nitrogen and oxygen atoms in total. The zero-order chi connectivity index (χ0) is 20.5. The molecule has 0 aromatic heterocycles. The summed E-state index contributed by atoms with van der Waals surface area (Å²) in [5.41, 5.74) is 3.50. The highest BCUT2D eigenvalue weighted by molar-refractivity contribution is 9.10. The first-order valence-corrected chi connectivity index (χ1v) is 9.90. The third-order valence-corrected chi connectivity index (χ3v) is 4.60. The van der Waals surface area contributed by atoms with E-state index in [9.17, 15) is 9.59 Å². The van der Waals surface area contributed by atoms with Crippen LogP contribution in [0.2, 0.25) is 5.02 Å². The van der Waals surface area contributed by atoms with Crippen molar-refractivity contribution in [3.63, 3.8) is 0 Å². The van der Waals surface area contributed by atoms with Gasteiger partial charge in [-0.15, -0.1) is 0 Å². The van der Waals surface area contributed by atoms with Gasteiger partial charge in [-0.3, -0.25) is 9.59 Å². The van der Waals surface area contributed by atoms with E-state index in [0.29, 0.717) is 33.0 Å². The van der Waals surface area contributed by atoms with Crippen molar-refractivity contribution in [1.29, 1.82) is 0 Å². The number of amides is 2. The van der Waals surface area contributed by atoms with Gasteiger partial charge in [-0.05, 0) is 59.6 Å². The average Bonchev–Trinajstić information content (AvgIpc) is 2.67. The minimum atomic E-state index is -0.771. The van der Waals surface area contributed by atoms with Crippen molar-refractivity contribution in [2.24, 2.45) is 5.10 Å². The van der Waals surface area contributed by atoms with Gasteiger partial charge in [0.2, 0.25) is 0 Å². The fourth-order valence-electron chi connectivity index (χ4n) is 2.21. The van der Waals surface area contributed by atoms with E-state index in [0.717, 1.165) is 6.42 Å². The van der Waals surface area contributed by atoms with E-state index in [1.54, 1.807) is 49.4 Å². The van der Waals surface area contributed by atoms with Gasteiger partial charge in [0, 0.05) is 15.1 Å². The lowest BCUT2D eigenvalue weighted by molar-refractivity contribution is -0.122. The van der Waals surface area contributed by atoms with Gasteiger partial charge >= 0.3 is 0 Å². The van der Waals surface area contributed by atoms with Crippen molar-refractivity contribution in [3.8, 4) is 5.75 Å². The third-order valence-electron chi connectivity index (χ3n) is 3.67. The summed E-state index contributed by atoms with van der Waals surface area (Å²) in [4.78, 5) is 24.5. The Morgan fingerprint density at radius 2 is 2.04 bits per heavy atom. The molecule has 0 aliphatic rings. The second-order valence-electron chi connectivity index (χ2n) is 5.94. The number of ether oxygens (including phenoxy) is 1. The quantitative estimate of drug-likeness (QED) is 0.453. The maximum absolute atomic E-state index is 12.3. The molecular formula is C20H21BrClN3O3. The van der Waals surface area contributed by atoms with E-state index in [4.69, 9.17) is 16.3 Å². The SMILES string of the molecule is CCCOc1ccc(Cl)cc1C=NNC(=O)C(C)NC(=O)c1ccccc1Br. The molecule has 0 saturated carbocycles. The molecule has 0 aliphatic heterocycles. The van der Waals surface area contributed by atoms with Gasteiger partial charge in [-0.25, -0.2) is 5.43 Å². The third kappa shape index (κ3) is 6.35. The van der Waals surface area contributed by atoms with Gasteiger partial charge in [-0.1, -0.05) is 30.7 Å². The van der Waals surface area contributed by atoms with E-state index < -0.39 is 11.9 Å². The molecule has 0 aliphatic carbocycles. The van der Waals surface area contributed by atoms with Crippen molar-refractivity contribution in [3.05, 3.63) is 63.1 Å². The van der Waals surface area contributed by atoms with E-state index >= 15 is 0 Å². The molecule has 2 N–H and O–H groups in total. The van der Waals surface area contributed by atoms with Crippen molar-refractivity contribution in [2.45, 2.75) is 26.3 Å². The van der Waals surface area contributed by atoms with Crippen LogP contribution in [-0.2, 0) is 4.79 Å². The Bertz CT molecular complexity index is 874. The Hall–Kier alpha value is -2.38. The van der Waals surface area contributed by atoms with Gasteiger partial charge in [-0.2, -0.15) is 5.10 Å². The molecule has 0 heterocycles. The Labute approximate surface area is 177 Å². The van der Waals surface area contributed by atoms with Crippen LogP contribution in [0.4, 0.5) is 0 Å². The van der Waals surface area contributed by atoms with Crippen molar-refractivity contribution < 1.29 is 14.3 Å². The Morgan fingerprint density at radius 1 is 1.29 bits per heavy atom. The van der Waals surface area contributed by atoms with Gasteiger partial charge < -0.3 is 10.1 Å². The number of nitrogens with zero attached hydrogens (tertiary/aromatic N) is 1. The van der Waals surface area contributed by atoms with Gasteiger partial charge in [0.15, 0.2) is 0 Å². The lowest BCUT2D eigenvalue weighted by Gasteiger charge is -2.13. The second kappa shape index (κ2) is 10.8. The number of halogens is 2. The molecule has 2 aromatic carbocycles. The molecule has 1 atom stereocenters. The fraction of sp³-hybridized carbons (Fsp3) is 0.250. The molecule has 2 amide bonds. The maximum Gasteiger partial charge on any atom is 0.262 e. The predicted molar refractivity (Wildman–Crippen MR) is 114 cm³/mol. The standard InChI is InChI=1S/C20H21BrClN3O3/c1-3-10-28-18-9-8-15(22)11-14(18)12-23-25-19(26)13(2)24-20(27)16-6-4-5-7-17(16)21/h4-9,11-13H,3,10H2,1-2H3,(H,24,27)(H,25,26). The zero-order valence-electron chi connectivity index (χ0n) is 15.5. The summed E-state index contributed by atoms with van der Waals surface area (Å²) in [6, 6.07) is 11.4. The average molecular weight is 467 g/mol. The summed E-state index contributed by atoms with van der Waals surface area (Å²) in [6.07, 6.45) is 2.32. The summed E-state index contributed by atoms with van der Waals surface area (Å²) in [5, 5.41) is 7.11. The minimum absolute atomic E-state index is 0.357. The lowest BCUT2D eigenvalue weighted by Crippen LogP contribution is -2.43. The molecule has 148 valence electrons. The molecule has 0 radical (unpaired) electrons. The van der Waals surface area contributed by atoms with Gasteiger partial charge in [0.25, 0.3) is 11.8 Å². The van der Waals surface area contributed by atoms with Crippen molar-refractivity contribution in [1.82, 2.24) is 10.7 Å². The first kappa shape index (κ1) is 21.9. The summed E-state index contributed by atoms with van der Waals surface area (Å²) in [5.74, 6) is -0.182. The molecule has 2 aromatic rings. The summed E-state index contributed by atoms with van der Waals surface area (Å²) in [6.45, 7) is 4.15. The molecule has 0 fully saturated rings. The summed E-state index contributed by atoms with van der Waals surface area (Å²) < 4.78 is 6.29. The summed E-state index contributed by atoms with van der Waals surface area (Å²) >= 11 is 9.33. The normalized spacial score (nSPS) is 11.9. The first-order valence-electron chi connectivity index (χ1n) is 8.73. The van der Waals surface area contributed by atoms with Crippen LogP contribution in [0, 0.1) is 0 Å². The number of hydrogen-bond donors (Lipinski definition) is 2. The topological polar surface area (TPSA) is 79.8 Å². The molecule has 0 bridgehead atoms. The second-order valence-corrected chi connectivity index (χ2v) is 7.23. The minimum Gasteiger partial charge on any atom is -0.493 e. The van der Waals surface area contributed by atoms with Crippen LogP contribution in [-0.4, -0.2) is 30.7 Å². The molecule has 2 rings (SSSR count). The van der Waals surface area contributed by atoms with Crippen LogP contribution in [0.5, 0.6) is 5.75 Å². The molecule has 1 unspecified atom stereocenters. The molecule has 0 spiro atoms. The molecule has 28 heavy (non-hydrogen) atoms. The van der Waals surface area contributed by atoms with Crippen molar-refractivity contribution >= 4 is 45.6 Å². The van der Waals surface area contributed by atoms with E-state index in [1.165, 1.54) is 6.21 Å². The number of hydrogen-bond acceptors (Lipinski definition) is 4. The maximum atomic E-state index is 12.3. The predicted octanol–water partition coefficient (Wildman–Crippen LogP) is 4.16. The van der Waals surface area contributed by atoms with Crippen LogP contribution in [0.1, 0.15) is 36.2 Å². The Morgan fingerprint density at radius 3 is 2.75 bits per heavy atom. The largest absolute Gasteiger partial charge is 0.493 e. The number of nitrogens with one attached hydrogen (secondary N) is 2. The van der Waals surface area contributed by atoms with Crippen LogP contribution < -0.4 is 15.5 Å². The highest BCUT2D eigenvalue weighted by Gasteiger charge is 2.17. The van der Waals surface area contributed by atoms with Gasteiger partial charge in [0.1, 0.15) is 11.8 Å². The number of rotatable bonds is 8. The zero-order valence-corrected chi connectivity index (χ0v) is 17.9. The number of carbonyl (C=O) groups is 2. The number of benzene rings is 2. The number of carbonyl (C=O) groups excluding carboxylic acids is 2. The van der Waals surface area contributed by atoms with Crippen LogP contribution >= 0.6 is 27.5 Å². The molecular weight excluding hydrogens is 446 g/mol. The van der Waals surface area contributed by atoms with Crippen molar-refractivity contribution in [2.75, 3.05) is 6.61 Å². The van der Waals surface area contributed by atoms with Crippen LogP contribution in [0.25, 0.3) is 0 Å². The van der Waals surface area contributed by atoms with E-state index in [1.807, 2.05) is 6.92 Å². The molecule has 8 heteroatoms. The lowest BCUT2D eigenvalue weighted by atomic mass is 10.2. The van der Waals surface area contributed by atoms with Crippen LogP contribution in [0.3, 0.4) is 0 Å². The first-order chi connectivity index (χ1) is 13.4. The Kier molecular flexibility index (Phi) is 8.47. The highest BCUT2D eigenvalue weighted by atomic mass is 79.9. The number of hydrazone groups is 1.